The number of aryl methyl sites for hydroxylation is 1. The Balaban J connectivity index is 1.49. The maximum atomic E-state index is 5.57. The number of hydrogen-bond donors (Lipinski definition) is 0. The number of ether oxygens (including phenoxy) is 1. The van der Waals surface area contributed by atoms with E-state index in [1.165, 1.54) is 11.3 Å². The summed E-state index contributed by atoms with van der Waals surface area (Å²) in [6.45, 7) is 8.20. The third-order valence-corrected chi connectivity index (χ3v) is 4.82. The number of likely N-dealkylation sites (N-methyl/N-ethyl adjacent to an activating group) is 1. The fourth-order valence-electron chi connectivity index (χ4n) is 2.81. The fraction of sp³-hybridized carbons (Fsp3) is 0.667. The van der Waals surface area contributed by atoms with Crippen LogP contribution in [0.2, 0.25) is 0 Å². The molecule has 0 spiro atoms. The lowest BCUT2D eigenvalue weighted by atomic mass is 10.2. The number of rotatable bonds is 7. The summed E-state index contributed by atoms with van der Waals surface area (Å²) in [5, 5.41) is 9.93. The van der Waals surface area contributed by atoms with E-state index in [9.17, 15) is 0 Å². The standard InChI is InChI=1S/C15H23N5O2S/c1-4-21-15-18-17-14(23-15)10-20-6-5-12(8-20)19(3)9-13-16-7-11(2)22-13/h7,12H,4-6,8-10H2,1-3H3/t12-/m0/s1. The van der Waals surface area contributed by atoms with Gasteiger partial charge in [0.05, 0.1) is 25.9 Å². The van der Waals surface area contributed by atoms with Gasteiger partial charge in [-0.1, -0.05) is 11.3 Å². The zero-order valence-electron chi connectivity index (χ0n) is 13.9. The van der Waals surface area contributed by atoms with Crippen LogP contribution in [0.25, 0.3) is 0 Å². The van der Waals surface area contributed by atoms with Crippen molar-refractivity contribution in [3.63, 3.8) is 0 Å². The number of nitrogens with zero attached hydrogens (tertiary/aromatic N) is 5. The quantitative estimate of drug-likeness (QED) is 0.765. The molecule has 0 saturated carbocycles. The van der Waals surface area contributed by atoms with Crippen LogP contribution < -0.4 is 4.74 Å². The van der Waals surface area contributed by atoms with E-state index in [1.54, 1.807) is 6.20 Å². The number of aromatic nitrogens is 3. The predicted molar refractivity (Wildman–Crippen MR) is 87.5 cm³/mol. The van der Waals surface area contributed by atoms with Crippen molar-refractivity contribution in [1.82, 2.24) is 25.0 Å². The maximum Gasteiger partial charge on any atom is 0.294 e. The van der Waals surface area contributed by atoms with Gasteiger partial charge < -0.3 is 9.15 Å². The first kappa shape index (κ1) is 16.4. The fourth-order valence-corrected chi connectivity index (χ4v) is 3.60. The normalized spacial score (nSPS) is 18.9. The summed E-state index contributed by atoms with van der Waals surface area (Å²) in [6, 6.07) is 0.515. The Hall–Kier alpha value is -1.51. The molecule has 0 amide bonds. The molecule has 0 aliphatic carbocycles. The van der Waals surface area contributed by atoms with E-state index in [-0.39, 0.29) is 0 Å². The van der Waals surface area contributed by atoms with E-state index >= 15 is 0 Å². The van der Waals surface area contributed by atoms with Crippen LogP contribution in [0.15, 0.2) is 10.6 Å². The predicted octanol–water partition coefficient (Wildman–Crippen LogP) is 1.94. The molecule has 0 bridgehead atoms. The molecule has 1 fully saturated rings. The molecule has 0 N–H and O–H groups in total. The third kappa shape index (κ3) is 4.27. The van der Waals surface area contributed by atoms with E-state index in [4.69, 9.17) is 9.15 Å². The van der Waals surface area contributed by atoms with Gasteiger partial charge in [-0.2, -0.15) is 0 Å². The first-order valence-electron chi connectivity index (χ1n) is 7.93. The smallest absolute Gasteiger partial charge is 0.294 e. The summed E-state index contributed by atoms with van der Waals surface area (Å²) >= 11 is 1.53. The molecule has 2 aromatic heterocycles. The first-order valence-corrected chi connectivity index (χ1v) is 8.74. The van der Waals surface area contributed by atoms with Crippen LogP contribution in [0.3, 0.4) is 0 Å². The van der Waals surface area contributed by atoms with Crippen molar-refractivity contribution in [2.24, 2.45) is 0 Å². The van der Waals surface area contributed by atoms with Gasteiger partial charge in [0.2, 0.25) is 5.89 Å². The van der Waals surface area contributed by atoms with Crippen LogP contribution in [0.4, 0.5) is 0 Å². The molecule has 1 saturated heterocycles. The van der Waals surface area contributed by atoms with Crippen LogP contribution >= 0.6 is 11.3 Å². The summed E-state index contributed by atoms with van der Waals surface area (Å²) in [6.07, 6.45) is 2.92. The van der Waals surface area contributed by atoms with Gasteiger partial charge in [-0.15, -0.1) is 10.2 Å². The topological polar surface area (TPSA) is 67.5 Å². The van der Waals surface area contributed by atoms with Gasteiger partial charge in [0, 0.05) is 19.1 Å². The zero-order chi connectivity index (χ0) is 16.2. The van der Waals surface area contributed by atoms with Crippen molar-refractivity contribution in [3.8, 4) is 5.19 Å². The Morgan fingerprint density at radius 2 is 2.35 bits per heavy atom. The van der Waals surface area contributed by atoms with Gasteiger partial charge in [0.25, 0.3) is 5.19 Å². The highest BCUT2D eigenvalue weighted by Gasteiger charge is 2.27. The minimum atomic E-state index is 0.515. The molecule has 126 valence electrons. The molecule has 1 atom stereocenters. The minimum Gasteiger partial charge on any atom is -0.469 e. The lowest BCUT2D eigenvalue weighted by Gasteiger charge is -2.23. The molecule has 0 unspecified atom stereocenters. The van der Waals surface area contributed by atoms with E-state index in [2.05, 4.69) is 32.0 Å². The minimum absolute atomic E-state index is 0.515. The number of likely N-dealkylation sites (tertiary alicyclic amines) is 1. The van der Waals surface area contributed by atoms with Gasteiger partial charge in [0.15, 0.2) is 0 Å². The molecule has 0 aromatic carbocycles. The molecule has 23 heavy (non-hydrogen) atoms. The lowest BCUT2D eigenvalue weighted by Crippen LogP contribution is -2.34. The average molecular weight is 337 g/mol. The van der Waals surface area contributed by atoms with Crippen molar-refractivity contribution < 1.29 is 9.15 Å². The second kappa shape index (κ2) is 7.37. The molecular formula is C15H23N5O2S. The van der Waals surface area contributed by atoms with Crippen LogP contribution in [0.5, 0.6) is 5.19 Å². The van der Waals surface area contributed by atoms with E-state index in [0.717, 1.165) is 49.3 Å². The Bertz CT molecular complexity index is 629. The molecule has 8 heteroatoms. The zero-order valence-corrected chi connectivity index (χ0v) is 14.7. The molecule has 3 rings (SSSR count). The monoisotopic (exact) mass is 337 g/mol. The Morgan fingerprint density at radius 3 is 3.09 bits per heavy atom. The highest BCUT2D eigenvalue weighted by atomic mass is 32.1. The van der Waals surface area contributed by atoms with Crippen LogP contribution in [-0.2, 0) is 13.1 Å². The van der Waals surface area contributed by atoms with Crippen LogP contribution in [0, 0.1) is 6.92 Å². The van der Waals surface area contributed by atoms with Crippen LogP contribution in [-0.4, -0.2) is 57.8 Å². The number of hydrogen-bond acceptors (Lipinski definition) is 8. The van der Waals surface area contributed by atoms with Crippen molar-refractivity contribution >= 4 is 11.3 Å². The molecule has 0 radical (unpaired) electrons. The Morgan fingerprint density at radius 1 is 1.48 bits per heavy atom. The van der Waals surface area contributed by atoms with Gasteiger partial charge in [-0.25, -0.2) is 4.98 Å². The molecule has 2 aromatic rings. The van der Waals surface area contributed by atoms with E-state index in [1.807, 2.05) is 13.8 Å². The molecule has 3 heterocycles. The Labute approximate surface area is 140 Å². The largest absolute Gasteiger partial charge is 0.469 e. The molecule has 1 aliphatic heterocycles. The lowest BCUT2D eigenvalue weighted by molar-refractivity contribution is 0.204. The second-order valence-corrected chi connectivity index (χ2v) is 6.88. The first-order chi connectivity index (χ1) is 11.1. The highest BCUT2D eigenvalue weighted by Crippen LogP contribution is 2.23. The van der Waals surface area contributed by atoms with Gasteiger partial charge in [-0.3, -0.25) is 9.80 Å². The van der Waals surface area contributed by atoms with Gasteiger partial charge in [-0.05, 0) is 27.3 Å². The SMILES string of the molecule is CCOc1nnc(CN2CC[C@H](N(C)Cc3ncc(C)o3)C2)s1. The third-order valence-electron chi connectivity index (χ3n) is 4.00. The van der Waals surface area contributed by atoms with E-state index in [0.29, 0.717) is 17.8 Å². The van der Waals surface area contributed by atoms with Crippen molar-refractivity contribution in [2.45, 2.75) is 39.4 Å². The van der Waals surface area contributed by atoms with Crippen LogP contribution in [0.1, 0.15) is 30.0 Å². The molecular weight excluding hydrogens is 314 g/mol. The van der Waals surface area contributed by atoms with Crippen molar-refractivity contribution in [1.29, 1.82) is 0 Å². The molecule has 7 nitrogen and oxygen atoms in total. The number of oxazole rings is 1. The summed E-state index contributed by atoms with van der Waals surface area (Å²) in [5.74, 6) is 1.65. The summed E-state index contributed by atoms with van der Waals surface area (Å²) in [4.78, 5) is 9.01. The summed E-state index contributed by atoms with van der Waals surface area (Å²) in [5.41, 5.74) is 0. The van der Waals surface area contributed by atoms with Gasteiger partial charge >= 0.3 is 0 Å². The summed E-state index contributed by atoms with van der Waals surface area (Å²) in [7, 11) is 2.13. The molecule has 1 aliphatic rings. The second-order valence-electron chi connectivity index (χ2n) is 5.85. The summed E-state index contributed by atoms with van der Waals surface area (Å²) < 4.78 is 10.9. The average Bonchev–Trinajstić information content (AvgIpc) is 3.23. The van der Waals surface area contributed by atoms with E-state index < -0.39 is 0 Å². The highest BCUT2D eigenvalue weighted by molar-refractivity contribution is 7.13. The maximum absolute atomic E-state index is 5.57. The Kier molecular flexibility index (Phi) is 5.24. The van der Waals surface area contributed by atoms with Crippen molar-refractivity contribution in [3.05, 3.63) is 22.9 Å². The van der Waals surface area contributed by atoms with Crippen molar-refractivity contribution in [2.75, 3.05) is 26.7 Å². The van der Waals surface area contributed by atoms with Gasteiger partial charge in [0.1, 0.15) is 10.8 Å².